The summed E-state index contributed by atoms with van der Waals surface area (Å²) < 4.78 is 0. The molecule has 4 heteroatoms. The number of halogens is 1. The molecule has 0 saturated heterocycles. The molecule has 0 aliphatic rings. The number of nitriles is 1. The molecule has 0 saturated carbocycles. The molecule has 3 nitrogen and oxygen atoms in total. The van der Waals surface area contributed by atoms with Crippen LogP contribution in [0.2, 0.25) is 5.28 Å². The van der Waals surface area contributed by atoms with E-state index in [1.54, 1.807) is 12.1 Å². The van der Waals surface area contributed by atoms with Crippen molar-refractivity contribution in [2.45, 2.75) is 0 Å². The summed E-state index contributed by atoms with van der Waals surface area (Å²) in [4.78, 5) is 7.80. The Morgan fingerprint density at radius 2 is 2.00 bits per heavy atom. The van der Waals surface area contributed by atoms with Gasteiger partial charge in [0.25, 0.3) is 0 Å². The molecule has 1 aromatic heterocycles. The molecule has 0 unspecified atom stereocenters. The average Bonchev–Trinajstić information content (AvgIpc) is 2.16. The van der Waals surface area contributed by atoms with Gasteiger partial charge in [-0.1, -0.05) is 12.1 Å². The topological polar surface area (TPSA) is 49.6 Å². The van der Waals surface area contributed by atoms with E-state index in [0.717, 1.165) is 5.39 Å². The Bertz CT molecular complexity index is 502. The summed E-state index contributed by atoms with van der Waals surface area (Å²) in [5.74, 6) is 0. The fourth-order valence-corrected chi connectivity index (χ4v) is 1.31. The third kappa shape index (κ3) is 1.32. The first kappa shape index (κ1) is 7.96. The van der Waals surface area contributed by atoms with Crippen molar-refractivity contribution in [1.82, 2.24) is 9.97 Å². The van der Waals surface area contributed by atoms with E-state index in [0.29, 0.717) is 11.2 Å². The van der Waals surface area contributed by atoms with Crippen LogP contribution in [0.4, 0.5) is 0 Å². The van der Waals surface area contributed by atoms with E-state index in [-0.39, 0.29) is 5.28 Å². The number of hydrogen-bond acceptors (Lipinski definition) is 3. The summed E-state index contributed by atoms with van der Waals surface area (Å²) in [5.41, 5.74) is 1.01. The molecule has 13 heavy (non-hydrogen) atoms. The molecule has 2 aromatic rings. The van der Waals surface area contributed by atoms with Gasteiger partial charge >= 0.3 is 0 Å². The molecule has 1 heterocycles. The minimum absolute atomic E-state index is 0.107. The molecule has 2 rings (SSSR count). The molecule has 0 N–H and O–H groups in total. The largest absolute Gasteiger partial charge is 0.224 e. The maximum atomic E-state index is 8.76. The third-order valence-electron chi connectivity index (χ3n) is 1.68. The van der Waals surface area contributed by atoms with E-state index in [4.69, 9.17) is 16.9 Å². The third-order valence-corrected chi connectivity index (χ3v) is 1.85. The van der Waals surface area contributed by atoms with Crippen molar-refractivity contribution in [3.05, 3.63) is 35.2 Å². The van der Waals surface area contributed by atoms with Gasteiger partial charge in [-0.3, -0.25) is 0 Å². The number of para-hydroxylation sites is 1. The van der Waals surface area contributed by atoms with Crippen LogP contribution >= 0.6 is 11.6 Å². The zero-order valence-electron chi connectivity index (χ0n) is 6.53. The van der Waals surface area contributed by atoms with Crippen molar-refractivity contribution in [1.29, 1.82) is 5.26 Å². The van der Waals surface area contributed by atoms with E-state index in [2.05, 4.69) is 9.97 Å². The lowest BCUT2D eigenvalue weighted by Crippen LogP contribution is -1.89. The van der Waals surface area contributed by atoms with Gasteiger partial charge in [-0.05, 0) is 23.7 Å². The van der Waals surface area contributed by atoms with Gasteiger partial charge in [-0.15, -0.1) is 0 Å². The molecule has 0 fully saturated rings. The van der Waals surface area contributed by atoms with Crippen molar-refractivity contribution in [2.24, 2.45) is 0 Å². The Kier molecular flexibility index (Phi) is 1.84. The summed E-state index contributed by atoms with van der Waals surface area (Å²) >= 11 is 5.63. The Morgan fingerprint density at radius 3 is 2.77 bits per heavy atom. The normalized spacial score (nSPS) is 9.85. The van der Waals surface area contributed by atoms with Crippen molar-refractivity contribution in [3.63, 3.8) is 0 Å². The summed E-state index contributed by atoms with van der Waals surface area (Å²) in [7, 11) is 0. The highest BCUT2D eigenvalue weighted by Gasteiger charge is 2.03. The van der Waals surface area contributed by atoms with E-state index >= 15 is 0 Å². The molecule has 0 radical (unpaired) electrons. The van der Waals surface area contributed by atoms with Crippen LogP contribution in [0.15, 0.2) is 24.3 Å². The predicted octanol–water partition coefficient (Wildman–Crippen LogP) is 2.15. The molecule has 0 atom stereocenters. The minimum atomic E-state index is 0.107. The van der Waals surface area contributed by atoms with E-state index in [1.807, 2.05) is 18.2 Å². The fourth-order valence-electron chi connectivity index (χ4n) is 1.13. The Labute approximate surface area is 79.6 Å². The van der Waals surface area contributed by atoms with Crippen LogP contribution in [0.3, 0.4) is 0 Å². The van der Waals surface area contributed by atoms with Crippen molar-refractivity contribution in [2.75, 3.05) is 0 Å². The summed E-state index contributed by atoms with van der Waals surface area (Å²) in [6.45, 7) is 0. The molecule has 1 aromatic carbocycles. The second-order valence-electron chi connectivity index (χ2n) is 2.47. The molecule has 0 aliphatic heterocycles. The summed E-state index contributed by atoms with van der Waals surface area (Å²) in [6, 6.07) is 9.24. The Balaban J connectivity index is 2.91. The maximum Gasteiger partial charge on any atom is 0.224 e. The highest BCUT2D eigenvalue weighted by Crippen LogP contribution is 2.16. The maximum absolute atomic E-state index is 8.76. The van der Waals surface area contributed by atoms with Gasteiger partial charge in [0.05, 0.1) is 5.52 Å². The first-order valence-corrected chi connectivity index (χ1v) is 4.01. The Morgan fingerprint density at radius 1 is 1.23 bits per heavy atom. The van der Waals surface area contributed by atoms with Crippen LogP contribution < -0.4 is 0 Å². The molecular weight excluding hydrogens is 186 g/mol. The van der Waals surface area contributed by atoms with Crippen LogP contribution in [0, 0.1) is 11.3 Å². The second kappa shape index (κ2) is 3.00. The highest BCUT2D eigenvalue weighted by molar-refractivity contribution is 6.28. The molecule has 0 spiro atoms. The molecule has 0 aliphatic carbocycles. The zero-order chi connectivity index (χ0) is 9.26. The van der Waals surface area contributed by atoms with Gasteiger partial charge in [0, 0.05) is 5.39 Å². The van der Waals surface area contributed by atoms with Crippen LogP contribution in [-0.2, 0) is 0 Å². The van der Waals surface area contributed by atoms with Crippen molar-refractivity contribution < 1.29 is 0 Å². The molecule has 0 bridgehead atoms. The fraction of sp³-hybridized carbons (Fsp3) is 0. The zero-order valence-corrected chi connectivity index (χ0v) is 7.28. The molecule has 62 valence electrons. The van der Waals surface area contributed by atoms with Crippen LogP contribution in [-0.4, -0.2) is 9.97 Å². The van der Waals surface area contributed by atoms with Gasteiger partial charge < -0.3 is 0 Å². The van der Waals surface area contributed by atoms with Crippen LogP contribution in [0.25, 0.3) is 10.9 Å². The lowest BCUT2D eigenvalue weighted by Gasteiger charge is -1.97. The first-order chi connectivity index (χ1) is 6.31. The number of benzene rings is 1. The lowest BCUT2D eigenvalue weighted by atomic mass is 10.2. The number of nitrogens with zero attached hydrogens (tertiary/aromatic N) is 3. The summed E-state index contributed by atoms with van der Waals surface area (Å²) in [5, 5.41) is 9.60. The Hall–Kier alpha value is -1.66. The smallest absolute Gasteiger partial charge is 0.218 e. The number of rotatable bonds is 0. The first-order valence-electron chi connectivity index (χ1n) is 3.63. The quantitative estimate of drug-likeness (QED) is 0.597. The highest BCUT2D eigenvalue weighted by atomic mass is 35.5. The van der Waals surface area contributed by atoms with Gasteiger partial charge in [-0.2, -0.15) is 5.26 Å². The minimum Gasteiger partial charge on any atom is -0.218 e. The van der Waals surface area contributed by atoms with Gasteiger partial charge in [0.2, 0.25) is 5.28 Å². The number of hydrogen-bond donors (Lipinski definition) is 0. The van der Waals surface area contributed by atoms with Crippen molar-refractivity contribution >= 4 is 22.5 Å². The van der Waals surface area contributed by atoms with Crippen LogP contribution in [0.5, 0.6) is 0 Å². The predicted molar refractivity (Wildman–Crippen MR) is 49.3 cm³/mol. The van der Waals surface area contributed by atoms with Gasteiger partial charge in [-0.25, -0.2) is 9.97 Å². The average molecular weight is 190 g/mol. The van der Waals surface area contributed by atoms with E-state index < -0.39 is 0 Å². The molecule has 0 amide bonds. The number of fused-ring (bicyclic) bond motifs is 1. The van der Waals surface area contributed by atoms with E-state index in [1.165, 1.54) is 0 Å². The summed E-state index contributed by atoms with van der Waals surface area (Å²) in [6.07, 6.45) is 0. The van der Waals surface area contributed by atoms with E-state index in [9.17, 15) is 0 Å². The second-order valence-corrected chi connectivity index (χ2v) is 2.81. The van der Waals surface area contributed by atoms with Crippen LogP contribution in [0.1, 0.15) is 5.69 Å². The number of aromatic nitrogens is 2. The molecular formula is C9H4ClN3. The standard InChI is InChI=1S/C9H4ClN3/c10-9-12-7-4-2-1-3-6(7)8(5-11)13-9/h1-4H. The van der Waals surface area contributed by atoms with Gasteiger partial charge in [0.1, 0.15) is 6.07 Å². The SMILES string of the molecule is N#Cc1nc(Cl)nc2ccccc12. The van der Waals surface area contributed by atoms with Gasteiger partial charge in [0.15, 0.2) is 5.69 Å². The van der Waals surface area contributed by atoms with Crippen molar-refractivity contribution in [3.8, 4) is 6.07 Å². The lowest BCUT2D eigenvalue weighted by molar-refractivity contribution is 1.19. The monoisotopic (exact) mass is 189 g/mol.